The summed E-state index contributed by atoms with van der Waals surface area (Å²) in [5.41, 5.74) is 6.36. The number of carbonyl (C=O) groups excluding carboxylic acids is 1. The van der Waals surface area contributed by atoms with E-state index in [1.165, 1.54) is 12.1 Å². The highest BCUT2D eigenvalue weighted by molar-refractivity contribution is 14.0. The van der Waals surface area contributed by atoms with E-state index in [0.717, 1.165) is 31.9 Å². The predicted molar refractivity (Wildman–Crippen MR) is 129 cm³/mol. The fourth-order valence-electron chi connectivity index (χ4n) is 3.28. The lowest BCUT2D eigenvalue weighted by molar-refractivity contribution is -0.121. The Hall–Kier alpha value is -1.46. The topological polar surface area (TPSA) is 92.0 Å². The van der Waals surface area contributed by atoms with Crippen molar-refractivity contribution in [3.05, 3.63) is 35.6 Å². The number of nitrogens with two attached hydrogens (primary N) is 1. The third-order valence-electron chi connectivity index (χ3n) is 5.15. The van der Waals surface area contributed by atoms with Gasteiger partial charge in [-0.2, -0.15) is 0 Å². The third-order valence-corrected chi connectivity index (χ3v) is 5.15. The second-order valence-electron chi connectivity index (χ2n) is 7.92. The average molecular weight is 535 g/mol. The van der Waals surface area contributed by atoms with E-state index in [1.54, 1.807) is 12.1 Å². The number of primary amides is 1. The molecule has 1 aromatic carbocycles. The number of nitrogens with one attached hydrogen (secondary N) is 2. The number of aliphatic imine (C=N–C) groups is 1. The first kappa shape index (κ1) is 26.6. The van der Waals surface area contributed by atoms with Gasteiger partial charge in [0.25, 0.3) is 0 Å². The van der Waals surface area contributed by atoms with Crippen LogP contribution in [0.25, 0.3) is 0 Å². The number of hydrogen-bond acceptors (Lipinski definition) is 4. The molecule has 1 aliphatic heterocycles. The molecule has 9 heteroatoms. The van der Waals surface area contributed by atoms with Crippen LogP contribution in [0.4, 0.5) is 4.39 Å². The summed E-state index contributed by atoms with van der Waals surface area (Å²) < 4.78 is 18.5. The Morgan fingerprint density at radius 2 is 1.90 bits per heavy atom. The number of nitrogens with zero attached hydrogens (tertiary/aromatic N) is 2. The molecule has 1 fully saturated rings. The fourth-order valence-corrected chi connectivity index (χ4v) is 3.28. The fraction of sp³-hybridized carbons (Fsp3) is 0.619. The molecule has 0 aliphatic carbocycles. The number of hydrogen-bond donors (Lipinski definition) is 3. The molecule has 0 spiro atoms. The number of ether oxygens (including phenoxy) is 1. The molecular weight excluding hydrogens is 500 g/mol. The summed E-state index contributed by atoms with van der Waals surface area (Å²) in [6.07, 6.45) is 0.446. The normalized spacial score (nSPS) is 16.5. The van der Waals surface area contributed by atoms with Crippen molar-refractivity contribution in [2.24, 2.45) is 16.6 Å². The Bertz CT molecular complexity index is 678. The molecule has 2 rings (SSSR count). The quantitative estimate of drug-likeness (QED) is 0.255. The molecule has 0 radical (unpaired) electrons. The molecule has 7 nitrogen and oxygen atoms in total. The van der Waals surface area contributed by atoms with Gasteiger partial charge in [0, 0.05) is 31.7 Å². The summed E-state index contributed by atoms with van der Waals surface area (Å²) in [5, 5.41) is 6.45. The minimum Gasteiger partial charge on any atom is -0.379 e. The van der Waals surface area contributed by atoms with Gasteiger partial charge < -0.3 is 21.1 Å². The number of amides is 1. The number of carbonyl (C=O) groups is 1. The summed E-state index contributed by atoms with van der Waals surface area (Å²) in [7, 11) is 0. The van der Waals surface area contributed by atoms with Gasteiger partial charge >= 0.3 is 0 Å². The predicted octanol–water partition coefficient (Wildman–Crippen LogP) is 1.75. The van der Waals surface area contributed by atoms with Crippen LogP contribution >= 0.6 is 24.0 Å². The molecule has 170 valence electrons. The maximum absolute atomic E-state index is 13.1. The highest BCUT2D eigenvalue weighted by Gasteiger charge is 2.28. The Kier molecular flexibility index (Phi) is 11.6. The Balaban J connectivity index is 0.00000450. The van der Waals surface area contributed by atoms with E-state index in [1.807, 2.05) is 6.92 Å². The van der Waals surface area contributed by atoms with Gasteiger partial charge in [-0.25, -0.2) is 4.39 Å². The van der Waals surface area contributed by atoms with Crippen LogP contribution in [0.1, 0.15) is 26.3 Å². The number of rotatable bonds is 9. The largest absolute Gasteiger partial charge is 0.379 e. The summed E-state index contributed by atoms with van der Waals surface area (Å²) in [5.74, 6) is -0.464. The van der Waals surface area contributed by atoms with E-state index in [0.29, 0.717) is 32.0 Å². The zero-order valence-corrected chi connectivity index (χ0v) is 20.4. The third kappa shape index (κ3) is 8.73. The molecule has 1 aromatic rings. The Morgan fingerprint density at radius 1 is 1.27 bits per heavy atom. The lowest BCUT2D eigenvalue weighted by Crippen LogP contribution is -2.52. The van der Waals surface area contributed by atoms with Gasteiger partial charge in [0.15, 0.2) is 5.96 Å². The minimum atomic E-state index is -0.420. The van der Waals surface area contributed by atoms with Crippen molar-refractivity contribution < 1.29 is 13.9 Å². The first-order valence-electron chi connectivity index (χ1n) is 10.2. The van der Waals surface area contributed by atoms with Gasteiger partial charge in [-0.05, 0) is 44.9 Å². The van der Waals surface area contributed by atoms with E-state index >= 15 is 0 Å². The molecule has 0 aromatic heterocycles. The molecule has 1 unspecified atom stereocenters. The maximum Gasteiger partial charge on any atom is 0.222 e. The van der Waals surface area contributed by atoms with Crippen molar-refractivity contribution in [1.82, 2.24) is 15.5 Å². The van der Waals surface area contributed by atoms with Crippen molar-refractivity contribution in [3.8, 4) is 0 Å². The van der Waals surface area contributed by atoms with Gasteiger partial charge in [0.1, 0.15) is 5.82 Å². The number of morpholine rings is 1. The lowest BCUT2D eigenvalue weighted by atomic mass is 9.98. The van der Waals surface area contributed by atoms with Crippen molar-refractivity contribution >= 4 is 35.8 Å². The second kappa shape index (κ2) is 13.1. The summed E-state index contributed by atoms with van der Waals surface area (Å²) in [6, 6.07) is 6.13. The summed E-state index contributed by atoms with van der Waals surface area (Å²) in [6.45, 7) is 11.3. The van der Waals surface area contributed by atoms with Crippen LogP contribution in [0, 0.1) is 11.7 Å². The van der Waals surface area contributed by atoms with Crippen LogP contribution in [-0.2, 0) is 16.0 Å². The zero-order chi connectivity index (χ0) is 21.3. The van der Waals surface area contributed by atoms with E-state index < -0.39 is 11.8 Å². The number of guanidine groups is 1. The van der Waals surface area contributed by atoms with Gasteiger partial charge in [-0.1, -0.05) is 12.1 Å². The Morgan fingerprint density at radius 3 is 2.47 bits per heavy atom. The van der Waals surface area contributed by atoms with E-state index in [4.69, 9.17) is 15.5 Å². The molecular formula is C21H35FIN5O2. The molecule has 4 N–H and O–H groups in total. The van der Waals surface area contributed by atoms with Gasteiger partial charge in [-0.3, -0.25) is 14.7 Å². The molecule has 1 aliphatic rings. The highest BCUT2D eigenvalue weighted by atomic mass is 127. The van der Waals surface area contributed by atoms with Gasteiger partial charge in [-0.15, -0.1) is 24.0 Å². The zero-order valence-electron chi connectivity index (χ0n) is 18.1. The van der Waals surface area contributed by atoms with Gasteiger partial charge in [0.05, 0.1) is 25.7 Å². The highest BCUT2D eigenvalue weighted by Crippen LogP contribution is 2.16. The van der Waals surface area contributed by atoms with Crippen molar-refractivity contribution in [2.75, 3.05) is 45.9 Å². The van der Waals surface area contributed by atoms with Crippen molar-refractivity contribution in [1.29, 1.82) is 0 Å². The maximum atomic E-state index is 13.1. The van der Waals surface area contributed by atoms with Gasteiger partial charge in [0.2, 0.25) is 5.91 Å². The van der Waals surface area contributed by atoms with Crippen LogP contribution in [0.3, 0.4) is 0 Å². The molecule has 0 saturated carbocycles. The van der Waals surface area contributed by atoms with Crippen LogP contribution in [0.2, 0.25) is 0 Å². The van der Waals surface area contributed by atoms with Crippen LogP contribution in [0.5, 0.6) is 0 Å². The van der Waals surface area contributed by atoms with E-state index in [2.05, 4.69) is 29.4 Å². The Labute approximate surface area is 196 Å². The number of halogens is 2. The molecule has 1 saturated heterocycles. The van der Waals surface area contributed by atoms with Crippen molar-refractivity contribution in [3.63, 3.8) is 0 Å². The molecule has 0 bridgehead atoms. The molecule has 30 heavy (non-hydrogen) atoms. The standard InChI is InChI=1S/C21H34FN5O2.HI/c1-4-24-20(26-15-21(2,3)27-9-11-29-12-10-27)25-14-17(19(23)28)13-16-5-7-18(22)8-6-16;/h5-8,17H,4,9-15H2,1-3H3,(H2,23,28)(H2,24,25,26);1H. The summed E-state index contributed by atoms with van der Waals surface area (Å²) in [4.78, 5) is 19.0. The smallest absolute Gasteiger partial charge is 0.222 e. The number of benzene rings is 1. The first-order chi connectivity index (χ1) is 13.8. The lowest BCUT2D eigenvalue weighted by Gasteiger charge is -2.39. The SMILES string of the molecule is CCNC(=NCC(C)(C)N1CCOCC1)NCC(Cc1ccc(F)cc1)C(N)=O.I. The average Bonchev–Trinajstić information content (AvgIpc) is 2.71. The minimum absolute atomic E-state index is 0. The van der Waals surface area contributed by atoms with E-state index in [9.17, 15) is 9.18 Å². The van der Waals surface area contributed by atoms with E-state index in [-0.39, 0.29) is 35.3 Å². The molecule has 1 amide bonds. The van der Waals surface area contributed by atoms with Crippen molar-refractivity contribution in [2.45, 2.75) is 32.7 Å². The molecule has 1 atom stereocenters. The van der Waals surface area contributed by atoms with Crippen LogP contribution in [-0.4, -0.2) is 68.2 Å². The summed E-state index contributed by atoms with van der Waals surface area (Å²) >= 11 is 0. The van der Waals surface area contributed by atoms with Crippen LogP contribution < -0.4 is 16.4 Å². The molecule has 1 heterocycles. The first-order valence-corrected chi connectivity index (χ1v) is 10.2. The second-order valence-corrected chi connectivity index (χ2v) is 7.92. The monoisotopic (exact) mass is 535 g/mol. The van der Waals surface area contributed by atoms with Crippen LogP contribution in [0.15, 0.2) is 29.3 Å².